The molecule has 156 valence electrons. The predicted octanol–water partition coefficient (Wildman–Crippen LogP) is 4.63. The summed E-state index contributed by atoms with van der Waals surface area (Å²) in [5.74, 6) is 0.00423. The van der Waals surface area contributed by atoms with Crippen LogP contribution in [0.15, 0.2) is 54.6 Å². The van der Waals surface area contributed by atoms with Crippen LogP contribution in [-0.4, -0.2) is 36.3 Å². The lowest BCUT2D eigenvalue weighted by atomic mass is 10.0. The zero-order chi connectivity index (χ0) is 21.1. The molecular formula is C24H33N3O2. The predicted molar refractivity (Wildman–Crippen MR) is 119 cm³/mol. The van der Waals surface area contributed by atoms with E-state index >= 15 is 0 Å². The van der Waals surface area contributed by atoms with Gasteiger partial charge >= 0.3 is 0 Å². The molecule has 0 saturated heterocycles. The highest BCUT2D eigenvalue weighted by Gasteiger charge is 2.15. The van der Waals surface area contributed by atoms with Gasteiger partial charge in [-0.3, -0.25) is 9.59 Å². The number of nitrogens with one attached hydrogen (secondary N) is 2. The molecule has 29 heavy (non-hydrogen) atoms. The number of hydrogen-bond donors (Lipinski definition) is 2. The Balaban J connectivity index is 1.89. The molecule has 0 aliphatic carbocycles. The van der Waals surface area contributed by atoms with Crippen molar-refractivity contribution in [2.24, 2.45) is 0 Å². The molecular weight excluding hydrogens is 362 g/mol. The molecule has 1 atom stereocenters. The minimum absolute atomic E-state index is 0.00797. The van der Waals surface area contributed by atoms with Gasteiger partial charge in [0.05, 0.1) is 12.6 Å². The third-order valence-corrected chi connectivity index (χ3v) is 4.80. The first-order chi connectivity index (χ1) is 14.1. The zero-order valence-corrected chi connectivity index (χ0v) is 17.8. The highest BCUT2D eigenvalue weighted by Crippen LogP contribution is 2.16. The molecule has 0 aliphatic heterocycles. The highest BCUT2D eigenvalue weighted by atomic mass is 16.2. The van der Waals surface area contributed by atoms with Gasteiger partial charge in [-0.05, 0) is 49.1 Å². The first kappa shape index (κ1) is 22.5. The summed E-state index contributed by atoms with van der Waals surface area (Å²) in [7, 11) is 0. The van der Waals surface area contributed by atoms with Crippen LogP contribution in [0.4, 0.5) is 5.69 Å². The van der Waals surface area contributed by atoms with Gasteiger partial charge in [-0.15, -0.1) is 0 Å². The van der Waals surface area contributed by atoms with Gasteiger partial charge in [-0.1, -0.05) is 51.1 Å². The molecule has 2 amide bonds. The van der Waals surface area contributed by atoms with Crippen molar-refractivity contribution in [2.45, 2.75) is 46.1 Å². The first-order valence-electron chi connectivity index (χ1n) is 10.6. The van der Waals surface area contributed by atoms with Crippen molar-refractivity contribution in [1.29, 1.82) is 0 Å². The Hall–Kier alpha value is -2.82. The Morgan fingerprint density at radius 2 is 1.52 bits per heavy atom. The van der Waals surface area contributed by atoms with E-state index in [0.29, 0.717) is 5.56 Å². The molecule has 0 bridgehead atoms. The maximum atomic E-state index is 12.6. The number of benzene rings is 2. The lowest BCUT2D eigenvalue weighted by Crippen LogP contribution is -2.33. The number of amides is 2. The van der Waals surface area contributed by atoms with Gasteiger partial charge in [0.2, 0.25) is 5.91 Å². The fraction of sp³-hybridized carbons (Fsp3) is 0.417. The number of carbonyl (C=O) groups is 2. The van der Waals surface area contributed by atoms with Crippen LogP contribution in [0.25, 0.3) is 0 Å². The fourth-order valence-corrected chi connectivity index (χ4v) is 3.30. The van der Waals surface area contributed by atoms with E-state index in [2.05, 4.69) is 31.4 Å². The number of carbonyl (C=O) groups excluding carboxylic acids is 2. The molecule has 2 N–H and O–H groups in total. The van der Waals surface area contributed by atoms with Crippen LogP contribution in [0.3, 0.4) is 0 Å². The second-order valence-electron chi connectivity index (χ2n) is 7.16. The Kier molecular flexibility index (Phi) is 9.22. The van der Waals surface area contributed by atoms with Crippen molar-refractivity contribution in [3.05, 3.63) is 65.7 Å². The molecule has 5 heteroatoms. The van der Waals surface area contributed by atoms with E-state index in [-0.39, 0.29) is 24.4 Å². The van der Waals surface area contributed by atoms with Crippen LogP contribution in [0.2, 0.25) is 0 Å². The molecule has 2 aromatic carbocycles. The summed E-state index contributed by atoms with van der Waals surface area (Å²) in [5.41, 5.74) is 2.61. The maximum absolute atomic E-state index is 12.6. The van der Waals surface area contributed by atoms with E-state index in [4.69, 9.17) is 0 Å². The standard InChI is InChI=1S/C24H33N3O2/c1-4-16-27(17-5-2)24(29)20-12-14-21(15-13-20)25-18-23(28)26-22(6-3)19-10-8-7-9-11-19/h7-15,22,25H,4-6,16-18H2,1-3H3,(H,26,28). The summed E-state index contributed by atoms with van der Waals surface area (Å²) in [6, 6.07) is 17.3. The van der Waals surface area contributed by atoms with Crippen molar-refractivity contribution < 1.29 is 9.59 Å². The molecule has 0 saturated carbocycles. The summed E-state index contributed by atoms with van der Waals surface area (Å²) in [6.45, 7) is 7.94. The molecule has 0 heterocycles. The minimum atomic E-state index is -0.0575. The third kappa shape index (κ3) is 6.93. The van der Waals surface area contributed by atoms with Crippen molar-refractivity contribution >= 4 is 17.5 Å². The Labute approximate surface area is 174 Å². The van der Waals surface area contributed by atoms with Crippen LogP contribution in [0.5, 0.6) is 0 Å². The minimum Gasteiger partial charge on any atom is -0.376 e. The highest BCUT2D eigenvalue weighted by molar-refractivity contribution is 5.94. The smallest absolute Gasteiger partial charge is 0.253 e. The lowest BCUT2D eigenvalue weighted by molar-refractivity contribution is -0.120. The zero-order valence-electron chi connectivity index (χ0n) is 17.8. The van der Waals surface area contributed by atoms with Crippen molar-refractivity contribution in [3.8, 4) is 0 Å². The van der Waals surface area contributed by atoms with E-state index in [1.54, 1.807) is 0 Å². The summed E-state index contributed by atoms with van der Waals surface area (Å²) >= 11 is 0. The topological polar surface area (TPSA) is 61.4 Å². The average Bonchev–Trinajstić information content (AvgIpc) is 2.76. The molecule has 2 aromatic rings. The van der Waals surface area contributed by atoms with Gasteiger partial charge < -0.3 is 15.5 Å². The third-order valence-electron chi connectivity index (χ3n) is 4.80. The molecule has 2 rings (SSSR count). The van der Waals surface area contributed by atoms with E-state index in [1.165, 1.54) is 0 Å². The summed E-state index contributed by atoms with van der Waals surface area (Å²) in [6.07, 6.45) is 2.73. The normalized spacial score (nSPS) is 11.6. The number of rotatable bonds is 11. The molecule has 0 spiro atoms. The molecule has 5 nitrogen and oxygen atoms in total. The number of nitrogens with zero attached hydrogens (tertiary/aromatic N) is 1. The van der Waals surface area contributed by atoms with Gasteiger partial charge in [-0.2, -0.15) is 0 Å². The monoisotopic (exact) mass is 395 g/mol. The maximum Gasteiger partial charge on any atom is 0.253 e. The van der Waals surface area contributed by atoms with Crippen LogP contribution in [0, 0.1) is 0 Å². The van der Waals surface area contributed by atoms with E-state index < -0.39 is 0 Å². The summed E-state index contributed by atoms with van der Waals surface area (Å²) < 4.78 is 0. The lowest BCUT2D eigenvalue weighted by Gasteiger charge is -2.21. The summed E-state index contributed by atoms with van der Waals surface area (Å²) in [5, 5.41) is 6.20. The first-order valence-corrected chi connectivity index (χ1v) is 10.6. The van der Waals surface area contributed by atoms with Gasteiger partial charge in [0.25, 0.3) is 5.91 Å². The van der Waals surface area contributed by atoms with E-state index in [0.717, 1.165) is 43.6 Å². The van der Waals surface area contributed by atoms with E-state index in [1.807, 2.05) is 59.5 Å². The van der Waals surface area contributed by atoms with Crippen molar-refractivity contribution in [1.82, 2.24) is 10.2 Å². The number of hydrogen-bond acceptors (Lipinski definition) is 3. The Bertz CT molecular complexity index is 753. The van der Waals surface area contributed by atoms with E-state index in [9.17, 15) is 9.59 Å². The molecule has 0 aliphatic rings. The van der Waals surface area contributed by atoms with Gasteiger partial charge in [0.1, 0.15) is 0 Å². The second kappa shape index (κ2) is 11.9. The van der Waals surface area contributed by atoms with Gasteiger partial charge in [0.15, 0.2) is 0 Å². The van der Waals surface area contributed by atoms with Crippen LogP contribution < -0.4 is 10.6 Å². The van der Waals surface area contributed by atoms with Crippen LogP contribution in [-0.2, 0) is 4.79 Å². The Morgan fingerprint density at radius 3 is 2.07 bits per heavy atom. The molecule has 0 radical (unpaired) electrons. The molecule has 1 unspecified atom stereocenters. The largest absolute Gasteiger partial charge is 0.376 e. The van der Waals surface area contributed by atoms with Crippen LogP contribution in [0.1, 0.15) is 62.0 Å². The van der Waals surface area contributed by atoms with Crippen molar-refractivity contribution in [3.63, 3.8) is 0 Å². The van der Waals surface area contributed by atoms with Crippen molar-refractivity contribution in [2.75, 3.05) is 25.0 Å². The van der Waals surface area contributed by atoms with Gasteiger partial charge in [-0.25, -0.2) is 0 Å². The molecule has 0 aromatic heterocycles. The fourth-order valence-electron chi connectivity index (χ4n) is 3.30. The second-order valence-corrected chi connectivity index (χ2v) is 7.16. The average molecular weight is 396 g/mol. The quantitative estimate of drug-likeness (QED) is 0.583. The molecule has 0 fully saturated rings. The SMILES string of the molecule is CCCN(CCC)C(=O)c1ccc(NCC(=O)NC(CC)c2ccccc2)cc1. The van der Waals surface area contributed by atoms with Crippen LogP contribution >= 0.6 is 0 Å². The summed E-state index contributed by atoms with van der Waals surface area (Å²) in [4.78, 5) is 26.9. The Morgan fingerprint density at radius 1 is 0.897 bits per heavy atom. The van der Waals surface area contributed by atoms with Gasteiger partial charge in [0, 0.05) is 24.3 Å². The number of anilines is 1.